The molecule has 1 saturated heterocycles. The molecular weight excluding hydrogens is 418 g/mol. The highest BCUT2D eigenvalue weighted by atomic mass is 32.1. The predicted molar refractivity (Wildman–Crippen MR) is 119 cm³/mol. The monoisotopic (exact) mass is 433 g/mol. The lowest BCUT2D eigenvalue weighted by atomic mass is 10.1. The van der Waals surface area contributed by atoms with Crippen LogP contribution in [-0.4, -0.2) is 24.0 Å². The molecule has 1 N–H and O–H groups in total. The van der Waals surface area contributed by atoms with Gasteiger partial charge in [-0.1, -0.05) is 12.1 Å². The number of hydrogen-bond donors (Lipinski definition) is 1. The molecule has 2 heterocycles. The second kappa shape index (κ2) is 8.33. The van der Waals surface area contributed by atoms with E-state index in [2.05, 4.69) is 10.5 Å². The molecular formula is C22H15N3O5S. The average Bonchev–Trinajstić information content (AvgIpc) is 3.25. The first kappa shape index (κ1) is 20.2. The van der Waals surface area contributed by atoms with E-state index < -0.39 is 11.8 Å². The van der Waals surface area contributed by atoms with Gasteiger partial charge in [0.15, 0.2) is 5.11 Å². The number of amides is 2. The van der Waals surface area contributed by atoms with Crippen molar-refractivity contribution in [1.82, 2.24) is 5.32 Å². The number of thiocarbonyl (C=S) groups is 1. The summed E-state index contributed by atoms with van der Waals surface area (Å²) in [7, 11) is 1.54. The van der Waals surface area contributed by atoms with Crippen molar-refractivity contribution in [2.75, 3.05) is 12.0 Å². The lowest BCUT2D eigenvalue weighted by Gasteiger charge is -2.28. The summed E-state index contributed by atoms with van der Waals surface area (Å²) in [5.41, 5.74) is 1.06. The summed E-state index contributed by atoms with van der Waals surface area (Å²) in [4.78, 5) is 37.7. The van der Waals surface area contributed by atoms with Crippen LogP contribution in [0.25, 0.3) is 17.4 Å². The number of furan rings is 1. The maximum atomic E-state index is 13.1. The molecule has 1 aromatic heterocycles. The summed E-state index contributed by atoms with van der Waals surface area (Å²) >= 11 is 5.19. The molecule has 0 bridgehead atoms. The highest BCUT2D eigenvalue weighted by Crippen LogP contribution is 2.32. The van der Waals surface area contributed by atoms with Gasteiger partial charge in [-0.3, -0.25) is 19.8 Å². The highest BCUT2D eigenvalue weighted by Gasteiger charge is 2.34. The topological polar surface area (TPSA) is 101 Å². The van der Waals surface area contributed by atoms with E-state index in [0.29, 0.717) is 22.8 Å². The van der Waals surface area contributed by atoms with Gasteiger partial charge < -0.3 is 9.15 Å². The predicted octanol–water partition coefficient (Wildman–Crippen LogP) is 4.18. The molecule has 4 rings (SSSR count). The van der Waals surface area contributed by atoms with Crippen LogP contribution in [0.5, 0.6) is 5.75 Å². The van der Waals surface area contributed by atoms with Gasteiger partial charge in [0, 0.05) is 5.56 Å². The molecule has 1 aliphatic rings. The number of rotatable bonds is 5. The minimum absolute atomic E-state index is 0.0246. The quantitative estimate of drug-likeness (QED) is 0.280. The van der Waals surface area contributed by atoms with Crippen molar-refractivity contribution in [2.45, 2.75) is 0 Å². The first-order chi connectivity index (χ1) is 15.0. The van der Waals surface area contributed by atoms with E-state index in [1.165, 1.54) is 18.1 Å². The maximum absolute atomic E-state index is 13.1. The number of carbonyl (C=O) groups is 2. The maximum Gasteiger partial charge on any atom is 0.270 e. The number of methoxy groups -OCH3 is 1. The van der Waals surface area contributed by atoms with Crippen LogP contribution in [0.15, 0.2) is 75.8 Å². The molecule has 31 heavy (non-hydrogen) atoms. The second-order valence-electron chi connectivity index (χ2n) is 6.47. The number of anilines is 1. The van der Waals surface area contributed by atoms with E-state index in [4.69, 9.17) is 21.4 Å². The molecule has 9 heteroatoms. The number of hydrogen-bond acceptors (Lipinski definition) is 7. The van der Waals surface area contributed by atoms with Gasteiger partial charge in [0.2, 0.25) is 0 Å². The third kappa shape index (κ3) is 3.86. The van der Waals surface area contributed by atoms with Gasteiger partial charge in [0.1, 0.15) is 28.5 Å². The van der Waals surface area contributed by atoms with Crippen molar-refractivity contribution in [3.05, 3.63) is 76.9 Å². The molecule has 2 aromatic carbocycles. The number of carbonyl (C=O) groups excluding carboxylic acids is 2. The Morgan fingerprint density at radius 1 is 1.06 bits per heavy atom. The van der Waals surface area contributed by atoms with E-state index in [1.54, 1.807) is 60.7 Å². The van der Waals surface area contributed by atoms with Gasteiger partial charge in [-0.25, -0.2) is 0 Å². The van der Waals surface area contributed by atoms with Crippen LogP contribution >= 0.6 is 12.2 Å². The number of benzene rings is 2. The minimum Gasteiger partial charge on any atom is -0.497 e. The van der Waals surface area contributed by atoms with E-state index >= 15 is 0 Å². The van der Waals surface area contributed by atoms with Gasteiger partial charge in [-0.2, -0.15) is 0 Å². The van der Waals surface area contributed by atoms with Crippen LogP contribution in [0.3, 0.4) is 0 Å². The van der Waals surface area contributed by atoms with Gasteiger partial charge >= 0.3 is 0 Å². The third-order valence-electron chi connectivity index (χ3n) is 4.61. The van der Waals surface area contributed by atoms with Crippen LogP contribution in [0, 0.1) is 4.91 Å². The largest absolute Gasteiger partial charge is 0.497 e. The SMILES string of the molecule is COc1ccc(N2C(=O)/C(=C/c3ccc(-c4ccccc4N=O)o3)C(=O)NC2=S)cc1. The van der Waals surface area contributed by atoms with Crippen molar-refractivity contribution in [1.29, 1.82) is 0 Å². The van der Waals surface area contributed by atoms with Crippen molar-refractivity contribution < 1.29 is 18.7 Å². The molecule has 0 saturated carbocycles. The van der Waals surface area contributed by atoms with Gasteiger partial charge in [0.05, 0.1) is 12.8 Å². The first-order valence-corrected chi connectivity index (χ1v) is 9.50. The number of nitrogens with zero attached hydrogens (tertiary/aromatic N) is 2. The zero-order chi connectivity index (χ0) is 22.0. The number of nitrogens with one attached hydrogen (secondary N) is 1. The molecule has 0 aliphatic carbocycles. The average molecular weight is 433 g/mol. The van der Waals surface area contributed by atoms with Gasteiger partial charge in [-0.15, -0.1) is 4.91 Å². The fourth-order valence-electron chi connectivity index (χ4n) is 3.10. The summed E-state index contributed by atoms with van der Waals surface area (Å²) in [6.45, 7) is 0. The summed E-state index contributed by atoms with van der Waals surface area (Å²) in [5.74, 6) is 0.0385. The summed E-state index contributed by atoms with van der Waals surface area (Å²) in [5, 5.41) is 5.48. The molecule has 0 unspecified atom stereocenters. The Kier molecular flexibility index (Phi) is 5.42. The Balaban J connectivity index is 1.67. The highest BCUT2D eigenvalue weighted by molar-refractivity contribution is 7.80. The Bertz CT molecular complexity index is 1230. The molecule has 3 aromatic rings. The second-order valence-corrected chi connectivity index (χ2v) is 6.85. The van der Waals surface area contributed by atoms with Crippen LogP contribution < -0.4 is 15.0 Å². The lowest BCUT2D eigenvalue weighted by molar-refractivity contribution is -0.122. The van der Waals surface area contributed by atoms with E-state index in [1.807, 2.05) is 0 Å². The Morgan fingerprint density at radius 2 is 1.81 bits per heavy atom. The van der Waals surface area contributed by atoms with Crippen molar-refractivity contribution >= 4 is 46.6 Å². The van der Waals surface area contributed by atoms with E-state index in [0.717, 1.165) is 0 Å². The molecule has 1 fully saturated rings. The van der Waals surface area contributed by atoms with Crippen molar-refractivity contribution in [3.63, 3.8) is 0 Å². The fraction of sp³-hybridized carbons (Fsp3) is 0.0455. The summed E-state index contributed by atoms with van der Waals surface area (Å²) in [6, 6.07) is 16.6. The zero-order valence-corrected chi connectivity index (χ0v) is 17.0. The van der Waals surface area contributed by atoms with Gasteiger partial charge in [0.25, 0.3) is 11.8 Å². The first-order valence-electron chi connectivity index (χ1n) is 9.10. The molecule has 2 amide bonds. The van der Waals surface area contributed by atoms with Crippen LogP contribution in [0.1, 0.15) is 5.76 Å². The molecule has 0 radical (unpaired) electrons. The molecule has 0 atom stereocenters. The smallest absolute Gasteiger partial charge is 0.270 e. The van der Waals surface area contributed by atoms with E-state index in [-0.39, 0.29) is 22.1 Å². The summed E-state index contributed by atoms with van der Waals surface area (Å²) < 4.78 is 10.9. The Morgan fingerprint density at radius 3 is 2.52 bits per heavy atom. The molecule has 154 valence electrons. The van der Waals surface area contributed by atoms with Crippen LogP contribution in [0.2, 0.25) is 0 Å². The Hall–Kier alpha value is -4.11. The third-order valence-corrected chi connectivity index (χ3v) is 4.90. The molecule has 8 nitrogen and oxygen atoms in total. The van der Waals surface area contributed by atoms with E-state index in [9.17, 15) is 14.5 Å². The molecule has 1 aliphatic heterocycles. The fourth-order valence-corrected chi connectivity index (χ4v) is 3.38. The summed E-state index contributed by atoms with van der Waals surface area (Å²) in [6.07, 6.45) is 1.33. The number of ether oxygens (including phenoxy) is 1. The lowest BCUT2D eigenvalue weighted by Crippen LogP contribution is -2.54. The normalized spacial score (nSPS) is 15.2. The zero-order valence-electron chi connectivity index (χ0n) is 16.2. The Labute approximate surface area is 182 Å². The van der Waals surface area contributed by atoms with Crippen molar-refractivity contribution in [2.24, 2.45) is 5.18 Å². The van der Waals surface area contributed by atoms with Crippen molar-refractivity contribution in [3.8, 4) is 17.1 Å². The van der Waals surface area contributed by atoms with Crippen LogP contribution in [0.4, 0.5) is 11.4 Å². The number of nitroso groups, excluding NO2 is 1. The minimum atomic E-state index is -0.632. The molecule has 0 spiro atoms. The van der Waals surface area contributed by atoms with Gasteiger partial charge in [-0.05, 0) is 72.0 Å². The standard InChI is InChI=1S/C22H15N3O5S/c1-29-14-8-6-13(7-9-14)25-21(27)17(20(26)23-22(25)31)12-15-10-11-19(30-15)16-4-2-3-5-18(16)24-28/h2-12H,1H3,(H,23,26,31)/b17-12+. The van der Waals surface area contributed by atoms with Crippen LogP contribution in [-0.2, 0) is 9.59 Å².